The van der Waals surface area contributed by atoms with Gasteiger partial charge in [-0.15, -0.1) is 0 Å². The van der Waals surface area contributed by atoms with Crippen LogP contribution in [0.15, 0.2) is 17.0 Å². The number of aromatic carboxylic acids is 1. The molecule has 0 heterocycles. The van der Waals surface area contributed by atoms with Crippen molar-refractivity contribution in [1.82, 2.24) is 0 Å². The quantitative estimate of drug-likeness (QED) is 0.687. The van der Waals surface area contributed by atoms with E-state index in [9.17, 15) is 18.3 Å². The van der Waals surface area contributed by atoms with Crippen molar-refractivity contribution < 1.29 is 23.1 Å². The van der Waals surface area contributed by atoms with Crippen LogP contribution in [0.5, 0.6) is 0 Å². The van der Waals surface area contributed by atoms with Crippen LogP contribution in [0, 0.1) is 0 Å². The van der Waals surface area contributed by atoms with Crippen molar-refractivity contribution in [3.05, 3.63) is 23.3 Å². The number of carboxylic acids is 1. The van der Waals surface area contributed by atoms with E-state index in [1.165, 1.54) is 31.0 Å². The zero-order valence-electron chi connectivity index (χ0n) is 12.1. The predicted octanol–water partition coefficient (Wildman–Crippen LogP) is 0.375. The highest BCUT2D eigenvalue weighted by molar-refractivity contribution is 7.97. The molecule has 0 aliphatic carbocycles. The van der Waals surface area contributed by atoms with E-state index in [0.29, 0.717) is 30.2 Å². The molecule has 0 radical (unpaired) electrons. The maximum Gasteiger partial charge on any atom is 0.177 e. The Morgan fingerprint density at radius 3 is 2.57 bits per heavy atom. The van der Waals surface area contributed by atoms with E-state index in [1.54, 1.807) is 0 Å². The Kier molecular flexibility index (Phi) is 6.50. The van der Waals surface area contributed by atoms with Crippen molar-refractivity contribution >= 4 is 33.3 Å². The molecule has 0 aromatic heterocycles. The zero-order valence-corrected chi connectivity index (χ0v) is 13.8. The molecule has 21 heavy (non-hydrogen) atoms. The second-order valence-corrected chi connectivity index (χ2v) is 7.23. The number of carboxylic acid groups (broad SMARTS) is 1. The van der Waals surface area contributed by atoms with Crippen molar-refractivity contribution in [3.63, 3.8) is 0 Å². The summed E-state index contributed by atoms with van der Waals surface area (Å²) in [6, 6.07) is 2.57. The van der Waals surface area contributed by atoms with Gasteiger partial charge in [-0.1, -0.05) is 6.07 Å². The Bertz CT molecular complexity index is 613. The Morgan fingerprint density at radius 1 is 1.43 bits per heavy atom. The van der Waals surface area contributed by atoms with Crippen LogP contribution in [0.25, 0.3) is 0 Å². The summed E-state index contributed by atoms with van der Waals surface area (Å²) in [4.78, 5) is 11.3. The second-order valence-electron chi connectivity index (χ2n) is 4.38. The van der Waals surface area contributed by atoms with Crippen LogP contribution < -0.4 is 10.4 Å². The fourth-order valence-corrected chi connectivity index (χ4v) is 3.36. The van der Waals surface area contributed by atoms with E-state index in [-0.39, 0.29) is 10.5 Å². The van der Waals surface area contributed by atoms with Crippen LogP contribution in [0.1, 0.15) is 15.9 Å². The van der Waals surface area contributed by atoms with Gasteiger partial charge in [0.25, 0.3) is 0 Å². The lowest BCUT2D eigenvalue weighted by Gasteiger charge is -2.19. The molecule has 0 aliphatic rings. The first kappa shape index (κ1) is 17.8. The molecule has 8 heteroatoms. The number of anilines is 1. The summed E-state index contributed by atoms with van der Waals surface area (Å²) >= 11 is 1.40. The first-order valence-corrected chi connectivity index (χ1v) is 9.40. The van der Waals surface area contributed by atoms with E-state index < -0.39 is 15.8 Å². The molecule has 0 bridgehead atoms. The minimum Gasteiger partial charge on any atom is -0.545 e. The monoisotopic (exact) mass is 332 g/mol. The Morgan fingerprint density at radius 2 is 2.10 bits per heavy atom. The second kappa shape index (κ2) is 7.67. The van der Waals surface area contributed by atoms with Crippen molar-refractivity contribution in [1.29, 1.82) is 0 Å². The third-order valence-corrected chi connectivity index (χ3v) is 4.51. The lowest BCUT2D eigenvalue weighted by atomic mass is 10.1. The number of hydrogen-bond acceptors (Lipinski definition) is 7. The summed E-state index contributed by atoms with van der Waals surface area (Å²) in [5.74, 6) is -0.962. The van der Waals surface area contributed by atoms with Crippen LogP contribution in [0.2, 0.25) is 0 Å². The van der Waals surface area contributed by atoms with Gasteiger partial charge in [0.05, 0.1) is 23.2 Å². The molecule has 118 valence electrons. The molecule has 0 saturated heterocycles. The average molecular weight is 332 g/mol. The third kappa shape index (κ3) is 4.62. The Labute approximate surface area is 128 Å². The summed E-state index contributed by atoms with van der Waals surface area (Å²) in [5.41, 5.74) is 0.726. The molecule has 1 N–H and O–H groups in total. The van der Waals surface area contributed by atoms with Crippen molar-refractivity contribution in [3.8, 4) is 0 Å². The number of methoxy groups -OCH3 is 1. The highest BCUT2D eigenvalue weighted by Gasteiger charge is 2.19. The molecule has 0 fully saturated rings. The van der Waals surface area contributed by atoms with Gasteiger partial charge in [0.2, 0.25) is 0 Å². The summed E-state index contributed by atoms with van der Waals surface area (Å²) in [6.45, 7) is 0.744. The maximum atomic E-state index is 11.9. The molecule has 0 saturated carbocycles. The van der Waals surface area contributed by atoms with E-state index in [1.807, 2.05) is 6.26 Å². The standard InChI is InChI=1S/C13H19NO5S2/c1-19-7-6-14-12-10(8-20-2)9(13(15)16)4-5-11(12)21(3,17)18/h4-5,14H,6-8H2,1-3H3,(H,15,16)/p-1. The molecule has 6 nitrogen and oxygen atoms in total. The fourth-order valence-electron chi connectivity index (χ4n) is 1.89. The van der Waals surface area contributed by atoms with E-state index in [4.69, 9.17) is 4.74 Å². The van der Waals surface area contributed by atoms with Gasteiger partial charge >= 0.3 is 0 Å². The number of carbonyl (C=O) groups is 1. The minimum atomic E-state index is -3.48. The molecule has 0 amide bonds. The van der Waals surface area contributed by atoms with Gasteiger partial charge in [0.15, 0.2) is 9.84 Å². The van der Waals surface area contributed by atoms with Crippen molar-refractivity contribution in [2.45, 2.75) is 10.6 Å². The van der Waals surface area contributed by atoms with Crippen LogP contribution in [-0.4, -0.2) is 47.2 Å². The van der Waals surface area contributed by atoms with E-state index >= 15 is 0 Å². The fraction of sp³-hybridized carbons (Fsp3) is 0.462. The molecule has 0 spiro atoms. The molecule has 1 aromatic carbocycles. The molecular weight excluding hydrogens is 314 g/mol. The smallest absolute Gasteiger partial charge is 0.177 e. The minimum absolute atomic E-state index is 0.00309. The van der Waals surface area contributed by atoms with Crippen LogP contribution >= 0.6 is 11.8 Å². The normalized spacial score (nSPS) is 11.4. The Hall–Kier alpha value is -1.25. The summed E-state index contributed by atoms with van der Waals surface area (Å²) < 4.78 is 28.7. The molecular formula is C13H18NO5S2-. The van der Waals surface area contributed by atoms with E-state index in [2.05, 4.69) is 5.32 Å². The number of ether oxygens (including phenoxy) is 1. The summed E-state index contributed by atoms with van der Waals surface area (Å²) in [5, 5.41) is 14.2. The maximum absolute atomic E-state index is 11.9. The van der Waals surface area contributed by atoms with Crippen molar-refractivity contribution in [2.24, 2.45) is 0 Å². The van der Waals surface area contributed by atoms with Gasteiger partial charge in [-0.05, 0) is 17.9 Å². The van der Waals surface area contributed by atoms with Gasteiger partial charge in [-0.3, -0.25) is 0 Å². The van der Waals surface area contributed by atoms with Crippen LogP contribution in [-0.2, 0) is 20.3 Å². The molecule has 0 atom stereocenters. The van der Waals surface area contributed by atoms with Gasteiger partial charge < -0.3 is 20.0 Å². The SMILES string of the molecule is COCCNc1c(S(C)(=O)=O)ccc(C(=O)[O-])c1CSC. The average Bonchev–Trinajstić information content (AvgIpc) is 2.38. The lowest BCUT2D eigenvalue weighted by Crippen LogP contribution is -2.25. The molecule has 0 aliphatic heterocycles. The predicted molar refractivity (Wildman–Crippen MR) is 81.5 cm³/mol. The highest BCUT2D eigenvalue weighted by Crippen LogP contribution is 2.31. The highest BCUT2D eigenvalue weighted by atomic mass is 32.2. The number of sulfone groups is 1. The summed E-state index contributed by atoms with van der Waals surface area (Å²) in [6.07, 6.45) is 2.90. The number of nitrogens with one attached hydrogen (secondary N) is 1. The number of carbonyl (C=O) groups excluding carboxylic acids is 1. The van der Waals surface area contributed by atoms with Crippen LogP contribution in [0.4, 0.5) is 5.69 Å². The topological polar surface area (TPSA) is 95.5 Å². The molecule has 1 aromatic rings. The van der Waals surface area contributed by atoms with Gasteiger partial charge in [0, 0.05) is 31.2 Å². The largest absolute Gasteiger partial charge is 0.545 e. The van der Waals surface area contributed by atoms with Crippen LogP contribution in [0.3, 0.4) is 0 Å². The number of hydrogen-bond donors (Lipinski definition) is 1. The zero-order chi connectivity index (χ0) is 16.0. The lowest BCUT2D eigenvalue weighted by molar-refractivity contribution is -0.255. The van der Waals surface area contributed by atoms with Gasteiger partial charge in [-0.2, -0.15) is 11.8 Å². The first-order valence-electron chi connectivity index (χ1n) is 6.12. The first-order chi connectivity index (χ1) is 9.82. The number of benzene rings is 1. The number of rotatable bonds is 8. The third-order valence-electron chi connectivity index (χ3n) is 2.79. The Balaban J connectivity index is 3.46. The van der Waals surface area contributed by atoms with Crippen molar-refractivity contribution in [2.75, 3.05) is 38.1 Å². The van der Waals surface area contributed by atoms with Gasteiger partial charge in [-0.25, -0.2) is 8.42 Å². The van der Waals surface area contributed by atoms with Gasteiger partial charge in [0.1, 0.15) is 0 Å². The molecule has 0 unspecified atom stereocenters. The molecule has 1 rings (SSSR count). The summed E-state index contributed by atoms with van der Waals surface area (Å²) in [7, 11) is -1.95. The van der Waals surface area contributed by atoms with E-state index in [0.717, 1.165) is 6.26 Å². The number of thioether (sulfide) groups is 1.